The van der Waals surface area contributed by atoms with Crippen LogP contribution in [-0.2, 0) is 0 Å². The van der Waals surface area contributed by atoms with Gasteiger partial charge in [0, 0.05) is 17.8 Å². The lowest BCUT2D eigenvalue weighted by Crippen LogP contribution is -1.84. The standard InChI is InChI=1S/C27H15N/c1-2-16-4-5-17-8-9-23-21(19-6-7-20-15-28-13-12-18(20)14-19)10-11-24-22(3-1)25(16)26(17)27(23)24/h1-15H. The van der Waals surface area contributed by atoms with E-state index >= 15 is 0 Å². The molecule has 0 spiro atoms. The molecule has 128 valence electrons. The van der Waals surface area contributed by atoms with Crippen LogP contribution in [0.3, 0.4) is 0 Å². The van der Waals surface area contributed by atoms with Crippen LogP contribution in [0.15, 0.2) is 91.3 Å². The van der Waals surface area contributed by atoms with Gasteiger partial charge in [0.15, 0.2) is 0 Å². The Labute approximate surface area is 161 Å². The number of rotatable bonds is 1. The van der Waals surface area contributed by atoms with Gasteiger partial charge in [-0.05, 0) is 72.1 Å². The monoisotopic (exact) mass is 353 g/mol. The number of hydrogen-bond donors (Lipinski definition) is 0. The summed E-state index contributed by atoms with van der Waals surface area (Å²) in [6.07, 6.45) is 3.79. The van der Waals surface area contributed by atoms with Crippen molar-refractivity contribution in [2.75, 3.05) is 0 Å². The van der Waals surface area contributed by atoms with Crippen LogP contribution in [0.4, 0.5) is 0 Å². The predicted octanol–water partition coefficient (Wildman–Crippen LogP) is 7.34. The minimum atomic E-state index is 1.18. The van der Waals surface area contributed by atoms with E-state index in [1.165, 1.54) is 65.3 Å². The third-order valence-electron chi connectivity index (χ3n) is 6.24. The largest absolute Gasteiger partial charge is 0.264 e. The normalized spacial score (nSPS) is 12.3. The number of aromatic nitrogens is 1. The van der Waals surface area contributed by atoms with Gasteiger partial charge in [0.1, 0.15) is 0 Å². The van der Waals surface area contributed by atoms with E-state index in [-0.39, 0.29) is 0 Å². The molecule has 0 atom stereocenters. The second kappa shape index (κ2) is 4.96. The van der Waals surface area contributed by atoms with E-state index < -0.39 is 0 Å². The molecule has 0 radical (unpaired) electrons. The van der Waals surface area contributed by atoms with Crippen molar-refractivity contribution < 1.29 is 0 Å². The highest BCUT2D eigenvalue weighted by Gasteiger charge is 2.21. The minimum absolute atomic E-state index is 1.18. The fraction of sp³-hybridized carbons (Fsp3) is 0. The second-order valence-corrected chi connectivity index (χ2v) is 7.65. The van der Waals surface area contributed by atoms with Crippen molar-refractivity contribution in [3.8, 4) is 22.3 Å². The molecule has 5 aromatic carbocycles. The Bertz CT molecular complexity index is 1610. The van der Waals surface area contributed by atoms with E-state index in [1.54, 1.807) is 0 Å². The first kappa shape index (κ1) is 14.4. The van der Waals surface area contributed by atoms with Crippen LogP contribution in [0.5, 0.6) is 0 Å². The maximum absolute atomic E-state index is 4.24. The summed E-state index contributed by atoms with van der Waals surface area (Å²) in [4.78, 5) is 4.24. The van der Waals surface area contributed by atoms with Crippen LogP contribution in [0.25, 0.3) is 65.3 Å². The highest BCUT2D eigenvalue weighted by molar-refractivity contribution is 6.34. The van der Waals surface area contributed by atoms with Crippen molar-refractivity contribution in [3.05, 3.63) is 91.3 Å². The quantitative estimate of drug-likeness (QED) is 0.281. The molecule has 1 aliphatic rings. The van der Waals surface area contributed by atoms with Crippen molar-refractivity contribution in [1.29, 1.82) is 0 Å². The predicted molar refractivity (Wildman–Crippen MR) is 119 cm³/mol. The molecule has 1 heteroatoms. The Morgan fingerprint density at radius 2 is 1.29 bits per heavy atom. The van der Waals surface area contributed by atoms with Gasteiger partial charge in [-0.25, -0.2) is 0 Å². The molecule has 0 N–H and O–H groups in total. The Balaban J connectivity index is 1.63. The fourth-order valence-corrected chi connectivity index (χ4v) is 4.99. The summed E-state index contributed by atoms with van der Waals surface area (Å²) in [5.41, 5.74) is 5.28. The summed E-state index contributed by atoms with van der Waals surface area (Å²) in [6, 6.07) is 29.1. The van der Waals surface area contributed by atoms with Gasteiger partial charge in [-0.2, -0.15) is 0 Å². The maximum atomic E-state index is 4.24. The van der Waals surface area contributed by atoms with Gasteiger partial charge >= 0.3 is 0 Å². The molecule has 0 aliphatic heterocycles. The first-order valence-electron chi connectivity index (χ1n) is 9.64. The molecule has 0 saturated heterocycles. The van der Waals surface area contributed by atoms with Gasteiger partial charge in [-0.3, -0.25) is 4.98 Å². The van der Waals surface area contributed by atoms with Gasteiger partial charge < -0.3 is 0 Å². The van der Waals surface area contributed by atoms with Gasteiger partial charge in [0.25, 0.3) is 0 Å². The molecule has 0 amide bonds. The van der Waals surface area contributed by atoms with Crippen LogP contribution in [0, 0.1) is 0 Å². The first-order chi connectivity index (χ1) is 13.9. The molecule has 1 aromatic heterocycles. The zero-order chi connectivity index (χ0) is 18.2. The smallest absolute Gasteiger partial charge is 0.0346 e. The van der Waals surface area contributed by atoms with E-state index in [4.69, 9.17) is 0 Å². The van der Waals surface area contributed by atoms with Crippen LogP contribution in [-0.4, -0.2) is 4.98 Å². The summed E-state index contributed by atoms with van der Waals surface area (Å²) in [5.74, 6) is 0. The topological polar surface area (TPSA) is 12.9 Å². The minimum Gasteiger partial charge on any atom is -0.264 e. The Kier molecular flexibility index (Phi) is 2.54. The molecule has 1 heterocycles. The van der Waals surface area contributed by atoms with E-state index in [2.05, 4.69) is 83.8 Å². The van der Waals surface area contributed by atoms with Crippen LogP contribution in [0.1, 0.15) is 0 Å². The summed E-state index contributed by atoms with van der Waals surface area (Å²) < 4.78 is 0. The Hall–Kier alpha value is -3.71. The molecule has 0 bridgehead atoms. The summed E-state index contributed by atoms with van der Waals surface area (Å²) in [6.45, 7) is 0. The molecule has 0 saturated carbocycles. The highest BCUT2D eigenvalue weighted by atomic mass is 14.6. The Morgan fingerprint density at radius 3 is 2.25 bits per heavy atom. The zero-order valence-corrected chi connectivity index (χ0v) is 15.1. The number of benzene rings is 5. The van der Waals surface area contributed by atoms with Gasteiger partial charge in [0.05, 0.1) is 0 Å². The third kappa shape index (κ3) is 1.69. The molecule has 6 aromatic rings. The van der Waals surface area contributed by atoms with Gasteiger partial charge in [-0.1, -0.05) is 66.7 Å². The average Bonchev–Trinajstić information content (AvgIpc) is 3.11. The van der Waals surface area contributed by atoms with Crippen molar-refractivity contribution in [2.24, 2.45) is 0 Å². The summed E-state index contributed by atoms with van der Waals surface area (Å²) in [7, 11) is 0. The van der Waals surface area contributed by atoms with Crippen molar-refractivity contribution in [3.63, 3.8) is 0 Å². The number of pyridine rings is 1. The number of hydrogen-bond acceptors (Lipinski definition) is 1. The van der Waals surface area contributed by atoms with E-state index in [1.807, 2.05) is 12.4 Å². The number of fused-ring (bicyclic) bond motifs is 2. The fourth-order valence-electron chi connectivity index (χ4n) is 4.99. The summed E-state index contributed by atoms with van der Waals surface area (Å²) in [5, 5.41) is 10.6. The van der Waals surface area contributed by atoms with Crippen LogP contribution >= 0.6 is 0 Å². The molecule has 7 rings (SSSR count). The van der Waals surface area contributed by atoms with Crippen molar-refractivity contribution in [2.45, 2.75) is 0 Å². The lowest BCUT2D eigenvalue weighted by molar-refractivity contribution is 1.36. The van der Waals surface area contributed by atoms with Gasteiger partial charge in [-0.15, -0.1) is 0 Å². The van der Waals surface area contributed by atoms with E-state index in [0.717, 1.165) is 0 Å². The van der Waals surface area contributed by atoms with Crippen LogP contribution < -0.4 is 0 Å². The number of nitrogens with zero attached hydrogens (tertiary/aromatic N) is 1. The zero-order valence-electron chi connectivity index (χ0n) is 15.1. The van der Waals surface area contributed by atoms with Crippen molar-refractivity contribution in [1.82, 2.24) is 4.98 Å². The Morgan fingerprint density at radius 1 is 0.500 bits per heavy atom. The summed E-state index contributed by atoms with van der Waals surface area (Å²) >= 11 is 0. The SMILES string of the molecule is c1cc2c3c(c1)ccc1ccc4c(-c5ccc6cnccc6c5)ccc-2c4c13. The maximum Gasteiger partial charge on any atom is 0.0346 e. The van der Waals surface area contributed by atoms with Gasteiger partial charge in [0.2, 0.25) is 0 Å². The molecule has 0 fully saturated rings. The lowest BCUT2D eigenvalue weighted by atomic mass is 9.93. The average molecular weight is 353 g/mol. The molecule has 1 aliphatic carbocycles. The lowest BCUT2D eigenvalue weighted by Gasteiger charge is -2.11. The second-order valence-electron chi connectivity index (χ2n) is 7.65. The molecular weight excluding hydrogens is 338 g/mol. The van der Waals surface area contributed by atoms with Crippen molar-refractivity contribution >= 4 is 43.1 Å². The van der Waals surface area contributed by atoms with E-state index in [9.17, 15) is 0 Å². The molecule has 0 unspecified atom stereocenters. The molecule has 1 nitrogen and oxygen atoms in total. The first-order valence-corrected chi connectivity index (χ1v) is 9.64. The molecular formula is C27H15N. The highest BCUT2D eigenvalue weighted by Crippen LogP contribution is 2.49. The third-order valence-corrected chi connectivity index (χ3v) is 6.24. The van der Waals surface area contributed by atoms with E-state index in [0.29, 0.717) is 0 Å². The molecule has 28 heavy (non-hydrogen) atoms. The van der Waals surface area contributed by atoms with Crippen LogP contribution in [0.2, 0.25) is 0 Å².